The number of amides is 1. The molecule has 5 nitrogen and oxygen atoms in total. The number of hydrogen-bond acceptors (Lipinski definition) is 5. The second-order valence-corrected chi connectivity index (χ2v) is 5.99. The van der Waals surface area contributed by atoms with Gasteiger partial charge >= 0.3 is 0 Å². The number of anilines is 1. The summed E-state index contributed by atoms with van der Waals surface area (Å²) in [5.41, 5.74) is 2.60. The molecule has 0 spiro atoms. The van der Waals surface area contributed by atoms with Crippen molar-refractivity contribution in [1.82, 2.24) is 9.97 Å². The summed E-state index contributed by atoms with van der Waals surface area (Å²) in [7, 11) is 0. The van der Waals surface area contributed by atoms with E-state index in [1.165, 1.54) is 16.9 Å². The zero-order valence-electron chi connectivity index (χ0n) is 12.2. The van der Waals surface area contributed by atoms with Crippen LogP contribution in [-0.4, -0.2) is 22.5 Å². The van der Waals surface area contributed by atoms with Crippen molar-refractivity contribution in [3.63, 3.8) is 0 Å². The number of nitrogens with zero attached hydrogens (tertiary/aromatic N) is 2. The molecule has 0 atom stereocenters. The van der Waals surface area contributed by atoms with Crippen molar-refractivity contribution >= 4 is 23.1 Å². The number of benzene rings is 1. The van der Waals surface area contributed by atoms with E-state index >= 15 is 0 Å². The first kappa shape index (κ1) is 13.9. The second kappa shape index (κ2) is 5.81. The summed E-state index contributed by atoms with van der Waals surface area (Å²) in [6.45, 7) is 0.731. The van der Waals surface area contributed by atoms with Gasteiger partial charge in [-0.15, -0.1) is 11.3 Å². The van der Waals surface area contributed by atoms with Gasteiger partial charge in [-0.05, 0) is 35.9 Å². The number of carbonyl (C=O) groups excluding carboxylic acids is 1. The van der Waals surface area contributed by atoms with Crippen molar-refractivity contribution in [2.75, 3.05) is 11.9 Å². The fourth-order valence-corrected chi connectivity index (χ4v) is 3.24. The summed E-state index contributed by atoms with van der Waals surface area (Å²) in [5, 5.41) is 5.32. The molecule has 3 aromatic rings. The summed E-state index contributed by atoms with van der Waals surface area (Å²) >= 11 is 1.45. The van der Waals surface area contributed by atoms with Gasteiger partial charge in [0.1, 0.15) is 22.3 Å². The average molecular weight is 323 g/mol. The standard InChI is InChI=1S/C17H13N3O2S/c21-16(20-15-3-1-2-7-18-15)13-10-23-17(19-13)12-4-5-14-11(9-12)6-8-22-14/h1-5,7,9-10H,6,8H2,(H,18,20,21). The molecule has 1 N–H and O–H groups in total. The Bertz CT molecular complexity index is 861. The molecule has 0 saturated carbocycles. The van der Waals surface area contributed by atoms with Crippen LogP contribution in [0.25, 0.3) is 10.6 Å². The fraction of sp³-hybridized carbons (Fsp3) is 0.118. The van der Waals surface area contributed by atoms with Gasteiger partial charge < -0.3 is 10.1 Å². The smallest absolute Gasteiger partial charge is 0.276 e. The Morgan fingerprint density at radius 3 is 3.09 bits per heavy atom. The van der Waals surface area contributed by atoms with Crippen molar-refractivity contribution < 1.29 is 9.53 Å². The molecule has 4 rings (SSSR count). The molecular formula is C17H13N3O2S. The Balaban J connectivity index is 1.56. The van der Waals surface area contributed by atoms with Crippen LogP contribution in [0, 0.1) is 0 Å². The maximum atomic E-state index is 12.2. The molecule has 1 aliphatic rings. The molecule has 23 heavy (non-hydrogen) atoms. The van der Waals surface area contributed by atoms with Gasteiger partial charge in [0, 0.05) is 23.6 Å². The van der Waals surface area contributed by atoms with Gasteiger partial charge in [-0.3, -0.25) is 4.79 Å². The minimum Gasteiger partial charge on any atom is -0.493 e. The minimum atomic E-state index is -0.254. The van der Waals surface area contributed by atoms with Crippen LogP contribution in [-0.2, 0) is 6.42 Å². The first-order valence-electron chi connectivity index (χ1n) is 7.23. The summed E-state index contributed by atoms with van der Waals surface area (Å²) in [4.78, 5) is 20.7. The number of pyridine rings is 1. The molecule has 3 heterocycles. The van der Waals surface area contributed by atoms with Gasteiger partial charge in [0.05, 0.1) is 6.61 Å². The first-order valence-corrected chi connectivity index (χ1v) is 8.11. The van der Waals surface area contributed by atoms with E-state index in [1.54, 1.807) is 23.7 Å². The maximum absolute atomic E-state index is 12.2. The van der Waals surface area contributed by atoms with Crippen LogP contribution in [0.1, 0.15) is 16.1 Å². The molecule has 1 amide bonds. The highest BCUT2D eigenvalue weighted by Crippen LogP contribution is 2.31. The van der Waals surface area contributed by atoms with Crippen molar-refractivity contribution in [3.8, 4) is 16.3 Å². The van der Waals surface area contributed by atoms with Gasteiger partial charge in [-0.25, -0.2) is 9.97 Å². The third-order valence-corrected chi connectivity index (χ3v) is 4.47. The van der Waals surface area contributed by atoms with E-state index in [2.05, 4.69) is 21.4 Å². The number of fused-ring (bicyclic) bond motifs is 1. The molecule has 1 aliphatic heterocycles. The second-order valence-electron chi connectivity index (χ2n) is 5.13. The fourth-order valence-electron chi connectivity index (χ4n) is 2.45. The van der Waals surface area contributed by atoms with E-state index in [0.717, 1.165) is 29.3 Å². The van der Waals surface area contributed by atoms with Crippen LogP contribution in [0.2, 0.25) is 0 Å². The van der Waals surface area contributed by atoms with E-state index in [9.17, 15) is 4.79 Å². The Kier molecular flexibility index (Phi) is 3.51. The highest BCUT2D eigenvalue weighted by atomic mass is 32.1. The van der Waals surface area contributed by atoms with Gasteiger partial charge in [0.15, 0.2) is 0 Å². The van der Waals surface area contributed by atoms with Gasteiger partial charge in [0.2, 0.25) is 0 Å². The van der Waals surface area contributed by atoms with E-state index in [0.29, 0.717) is 11.5 Å². The van der Waals surface area contributed by atoms with Crippen molar-refractivity contribution in [2.45, 2.75) is 6.42 Å². The largest absolute Gasteiger partial charge is 0.493 e. The quantitative estimate of drug-likeness (QED) is 0.802. The highest BCUT2D eigenvalue weighted by Gasteiger charge is 2.16. The van der Waals surface area contributed by atoms with Crippen LogP contribution in [0.15, 0.2) is 48.0 Å². The molecule has 1 aromatic carbocycles. The zero-order chi connectivity index (χ0) is 15.6. The van der Waals surface area contributed by atoms with Gasteiger partial charge in [-0.2, -0.15) is 0 Å². The molecule has 6 heteroatoms. The number of carbonyl (C=O) groups is 1. The van der Waals surface area contributed by atoms with Crippen molar-refractivity contribution in [1.29, 1.82) is 0 Å². The molecule has 0 unspecified atom stereocenters. The highest BCUT2D eigenvalue weighted by molar-refractivity contribution is 7.13. The number of ether oxygens (including phenoxy) is 1. The van der Waals surface area contributed by atoms with Crippen LogP contribution >= 0.6 is 11.3 Å². The van der Waals surface area contributed by atoms with E-state index in [1.807, 2.05) is 18.2 Å². The molecule has 0 saturated heterocycles. The summed E-state index contributed by atoms with van der Waals surface area (Å²) in [6, 6.07) is 11.4. The number of aromatic nitrogens is 2. The number of nitrogens with one attached hydrogen (secondary N) is 1. The van der Waals surface area contributed by atoms with Crippen molar-refractivity contribution in [2.24, 2.45) is 0 Å². The normalized spacial score (nSPS) is 12.5. The maximum Gasteiger partial charge on any atom is 0.276 e. The number of rotatable bonds is 3. The van der Waals surface area contributed by atoms with Crippen LogP contribution in [0.5, 0.6) is 5.75 Å². The Hall–Kier alpha value is -2.73. The first-order chi connectivity index (χ1) is 11.3. The molecule has 0 fully saturated rings. The van der Waals surface area contributed by atoms with Gasteiger partial charge in [0.25, 0.3) is 5.91 Å². The predicted octanol–water partition coefficient (Wildman–Crippen LogP) is 3.39. The Morgan fingerprint density at radius 1 is 1.26 bits per heavy atom. The molecular weight excluding hydrogens is 310 g/mol. The third-order valence-electron chi connectivity index (χ3n) is 3.58. The Labute approximate surface area is 137 Å². The lowest BCUT2D eigenvalue weighted by atomic mass is 10.1. The molecule has 2 aromatic heterocycles. The van der Waals surface area contributed by atoms with Crippen LogP contribution in [0.4, 0.5) is 5.82 Å². The number of thiazole rings is 1. The molecule has 0 aliphatic carbocycles. The predicted molar refractivity (Wildman–Crippen MR) is 88.9 cm³/mol. The van der Waals surface area contributed by atoms with Gasteiger partial charge in [-0.1, -0.05) is 6.07 Å². The summed E-state index contributed by atoms with van der Waals surface area (Å²) in [6.07, 6.45) is 2.55. The lowest BCUT2D eigenvalue weighted by molar-refractivity contribution is 0.102. The van der Waals surface area contributed by atoms with Crippen molar-refractivity contribution in [3.05, 3.63) is 59.2 Å². The Morgan fingerprint density at radius 2 is 2.22 bits per heavy atom. The summed E-state index contributed by atoms with van der Waals surface area (Å²) < 4.78 is 5.51. The SMILES string of the molecule is O=C(Nc1ccccn1)c1csc(-c2ccc3c(c2)CCO3)n1. The third kappa shape index (κ3) is 2.80. The van der Waals surface area contributed by atoms with E-state index in [-0.39, 0.29) is 5.91 Å². The average Bonchev–Trinajstić information content (AvgIpc) is 3.24. The molecule has 0 radical (unpaired) electrons. The summed E-state index contributed by atoms with van der Waals surface area (Å²) in [5.74, 6) is 1.20. The lowest BCUT2D eigenvalue weighted by Gasteiger charge is -2.02. The topological polar surface area (TPSA) is 64.1 Å². The van der Waals surface area contributed by atoms with Crippen LogP contribution < -0.4 is 10.1 Å². The molecule has 0 bridgehead atoms. The lowest BCUT2D eigenvalue weighted by Crippen LogP contribution is -2.13. The van der Waals surface area contributed by atoms with Crippen LogP contribution in [0.3, 0.4) is 0 Å². The number of hydrogen-bond donors (Lipinski definition) is 1. The zero-order valence-corrected chi connectivity index (χ0v) is 13.0. The van der Waals surface area contributed by atoms with E-state index < -0.39 is 0 Å². The van der Waals surface area contributed by atoms with E-state index in [4.69, 9.17) is 4.74 Å². The molecule has 114 valence electrons. The monoisotopic (exact) mass is 323 g/mol. The minimum absolute atomic E-state index is 0.254.